The van der Waals surface area contributed by atoms with Gasteiger partial charge in [0, 0.05) is 42.1 Å². The van der Waals surface area contributed by atoms with E-state index < -0.39 is 0 Å². The number of benzene rings is 2. The zero-order valence-electron chi connectivity index (χ0n) is 20.3. The molecule has 1 heterocycles. The van der Waals surface area contributed by atoms with Crippen LogP contribution in [0.2, 0.25) is 0 Å². The molecule has 2 aromatic carbocycles. The van der Waals surface area contributed by atoms with E-state index in [-0.39, 0.29) is 11.8 Å². The van der Waals surface area contributed by atoms with Gasteiger partial charge < -0.3 is 21.3 Å². The maximum Gasteiger partial charge on any atom is 0.280 e. The Bertz CT molecular complexity index is 1080. The fraction of sp³-hybridized carbons (Fsp3) is 0.444. The van der Waals surface area contributed by atoms with Crippen LogP contribution in [0, 0.1) is 12.8 Å². The lowest BCUT2D eigenvalue weighted by molar-refractivity contribution is -0.116. The van der Waals surface area contributed by atoms with Crippen LogP contribution in [0.3, 0.4) is 0 Å². The Morgan fingerprint density at radius 1 is 1.06 bits per heavy atom. The number of hydrogen-bond acceptors (Lipinski definition) is 3. The maximum absolute atomic E-state index is 12.7. The van der Waals surface area contributed by atoms with Gasteiger partial charge in [-0.3, -0.25) is 9.59 Å². The van der Waals surface area contributed by atoms with Crippen molar-refractivity contribution >= 4 is 34.8 Å². The van der Waals surface area contributed by atoms with Gasteiger partial charge in [0.05, 0.1) is 0 Å². The second-order valence-corrected chi connectivity index (χ2v) is 9.63. The van der Waals surface area contributed by atoms with Gasteiger partial charge in [0.15, 0.2) is 5.96 Å². The zero-order chi connectivity index (χ0) is 24.1. The predicted octanol–water partition coefficient (Wildman–Crippen LogP) is 5.07. The van der Waals surface area contributed by atoms with Crippen LogP contribution in [0.1, 0.15) is 73.4 Å². The van der Waals surface area contributed by atoms with E-state index in [0.29, 0.717) is 29.8 Å². The smallest absolute Gasteiger partial charge is 0.280 e. The van der Waals surface area contributed by atoms with Crippen molar-refractivity contribution in [2.24, 2.45) is 10.9 Å². The molecule has 2 aromatic rings. The Balaban J connectivity index is 1.51. The summed E-state index contributed by atoms with van der Waals surface area (Å²) in [6.45, 7) is 7.90. The molecule has 34 heavy (non-hydrogen) atoms. The molecule has 2 aliphatic rings. The van der Waals surface area contributed by atoms with Crippen LogP contribution < -0.4 is 21.3 Å². The highest BCUT2D eigenvalue weighted by molar-refractivity contribution is 6.03. The highest BCUT2D eigenvalue weighted by Crippen LogP contribution is 2.44. The molecular formula is C27H35N5O2. The fourth-order valence-corrected chi connectivity index (χ4v) is 4.04. The molecule has 4 N–H and O–H groups in total. The SMILES string of the molecule is Cc1c(NC(=O)CCC(C)C)cccc1Nc1ccc(C(=O)N=C2NCCCN2)cc1C1CC1. The van der Waals surface area contributed by atoms with Crippen LogP contribution in [0.4, 0.5) is 17.1 Å². The maximum atomic E-state index is 12.7. The van der Waals surface area contributed by atoms with Gasteiger partial charge >= 0.3 is 0 Å². The third-order valence-corrected chi connectivity index (χ3v) is 6.29. The third-order valence-electron chi connectivity index (χ3n) is 6.29. The number of nitrogens with zero attached hydrogens (tertiary/aromatic N) is 1. The minimum Gasteiger partial charge on any atom is -0.356 e. The minimum atomic E-state index is -0.243. The van der Waals surface area contributed by atoms with E-state index in [4.69, 9.17) is 0 Å². The van der Waals surface area contributed by atoms with Crippen molar-refractivity contribution in [3.05, 3.63) is 53.1 Å². The molecule has 7 nitrogen and oxygen atoms in total. The van der Waals surface area contributed by atoms with E-state index in [1.165, 1.54) is 0 Å². The second kappa shape index (κ2) is 10.7. The average molecular weight is 462 g/mol. The van der Waals surface area contributed by atoms with Crippen molar-refractivity contribution in [1.82, 2.24) is 10.6 Å². The van der Waals surface area contributed by atoms with E-state index in [1.54, 1.807) is 0 Å². The molecule has 180 valence electrons. The molecule has 0 bridgehead atoms. The fourth-order valence-electron chi connectivity index (χ4n) is 4.04. The number of amides is 2. The van der Waals surface area contributed by atoms with Crippen molar-refractivity contribution in [3.63, 3.8) is 0 Å². The molecule has 7 heteroatoms. The molecule has 1 saturated heterocycles. The van der Waals surface area contributed by atoms with E-state index in [2.05, 4.69) is 40.1 Å². The molecule has 2 fully saturated rings. The number of carbonyl (C=O) groups is 2. The summed E-state index contributed by atoms with van der Waals surface area (Å²) >= 11 is 0. The van der Waals surface area contributed by atoms with Crippen LogP contribution in [0.5, 0.6) is 0 Å². The van der Waals surface area contributed by atoms with Crippen molar-refractivity contribution in [2.45, 2.75) is 58.8 Å². The lowest BCUT2D eigenvalue weighted by atomic mass is 10.0. The lowest BCUT2D eigenvalue weighted by Gasteiger charge is -2.18. The summed E-state index contributed by atoms with van der Waals surface area (Å²) in [7, 11) is 0. The molecule has 4 rings (SSSR count). The summed E-state index contributed by atoms with van der Waals surface area (Å²) in [5.74, 6) is 1.30. The molecule has 0 spiro atoms. The number of carbonyl (C=O) groups excluding carboxylic acids is 2. The quantitative estimate of drug-likeness (QED) is 0.440. The molecule has 1 aliphatic carbocycles. The Morgan fingerprint density at radius 3 is 2.50 bits per heavy atom. The van der Waals surface area contributed by atoms with Crippen LogP contribution in [-0.2, 0) is 4.79 Å². The summed E-state index contributed by atoms with van der Waals surface area (Å²) in [5, 5.41) is 12.9. The van der Waals surface area contributed by atoms with Crippen molar-refractivity contribution < 1.29 is 9.59 Å². The van der Waals surface area contributed by atoms with Crippen molar-refractivity contribution in [1.29, 1.82) is 0 Å². The van der Waals surface area contributed by atoms with Gasteiger partial charge in [0.2, 0.25) is 5.91 Å². The topological polar surface area (TPSA) is 94.6 Å². The number of guanidine groups is 1. The first-order chi connectivity index (χ1) is 16.4. The van der Waals surface area contributed by atoms with E-state index >= 15 is 0 Å². The number of nitrogens with one attached hydrogen (secondary N) is 4. The van der Waals surface area contributed by atoms with Crippen LogP contribution >= 0.6 is 0 Å². The van der Waals surface area contributed by atoms with Crippen LogP contribution in [0.15, 0.2) is 41.4 Å². The first-order valence-corrected chi connectivity index (χ1v) is 12.3. The predicted molar refractivity (Wildman–Crippen MR) is 138 cm³/mol. The van der Waals surface area contributed by atoms with Gasteiger partial charge in [-0.1, -0.05) is 19.9 Å². The molecule has 1 saturated carbocycles. The summed E-state index contributed by atoms with van der Waals surface area (Å²) < 4.78 is 0. The van der Waals surface area contributed by atoms with Gasteiger partial charge in [0.1, 0.15) is 0 Å². The summed E-state index contributed by atoms with van der Waals surface area (Å²) in [6, 6.07) is 11.7. The monoisotopic (exact) mass is 461 g/mol. The summed E-state index contributed by atoms with van der Waals surface area (Å²) in [5.41, 5.74) is 5.48. The normalized spacial score (nSPS) is 15.4. The highest BCUT2D eigenvalue weighted by atomic mass is 16.2. The Kier molecular flexibility index (Phi) is 7.50. The van der Waals surface area contributed by atoms with Gasteiger partial charge in [-0.05, 0) is 85.9 Å². The third kappa shape index (κ3) is 6.16. The van der Waals surface area contributed by atoms with Crippen molar-refractivity contribution in [3.8, 4) is 0 Å². The van der Waals surface area contributed by atoms with E-state index in [0.717, 1.165) is 67.0 Å². The molecular weight excluding hydrogens is 426 g/mol. The number of rotatable bonds is 8. The summed E-state index contributed by atoms with van der Waals surface area (Å²) in [4.78, 5) is 29.3. The summed E-state index contributed by atoms with van der Waals surface area (Å²) in [6.07, 6.45) is 4.65. The van der Waals surface area contributed by atoms with Gasteiger partial charge in [-0.15, -0.1) is 0 Å². The average Bonchev–Trinajstić information content (AvgIpc) is 3.66. The van der Waals surface area contributed by atoms with Crippen molar-refractivity contribution in [2.75, 3.05) is 23.7 Å². The lowest BCUT2D eigenvalue weighted by Crippen LogP contribution is -2.44. The molecule has 0 unspecified atom stereocenters. The van der Waals surface area contributed by atoms with E-state index in [9.17, 15) is 9.59 Å². The number of aliphatic imine (C=N–C) groups is 1. The minimum absolute atomic E-state index is 0.0408. The Labute approximate surface area is 201 Å². The highest BCUT2D eigenvalue weighted by Gasteiger charge is 2.27. The van der Waals surface area contributed by atoms with Gasteiger partial charge in [0.25, 0.3) is 5.91 Å². The Hall–Kier alpha value is -3.35. The number of anilines is 3. The van der Waals surface area contributed by atoms with Crippen LogP contribution in [-0.4, -0.2) is 30.9 Å². The largest absolute Gasteiger partial charge is 0.356 e. The van der Waals surface area contributed by atoms with E-state index in [1.807, 2.05) is 43.3 Å². The van der Waals surface area contributed by atoms with Gasteiger partial charge in [-0.2, -0.15) is 4.99 Å². The van der Waals surface area contributed by atoms with Gasteiger partial charge in [-0.25, -0.2) is 0 Å². The Morgan fingerprint density at radius 2 is 1.79 bits per heavy atom. The zero-order valence-corrected chi connectivity index (χ0v) is 20.3. The first kappa shape index (κ1) is 23.8. The number of hydrogen-bond donors (Lipinski definition) is 4. The standard InChI is InChI=1S/C27H35N5O2/c1-17(2)8-13-25(33)31-23-7-4-6-22(18(23)3)30-24-12-11-20(16-21(24)19-9-10-19)26(34)32-27-28-14-5-15-29-27/h4,6-7,11-12,16-17,19,30H,5,8-10,13-15H2,1-3H3,(H,31,33)(H2,28,29,32,34). The first-order valence-electron chi connectivity index (χ1n) is 12.3. The van der Waals surface area contributed by atoms with Crippen LogP contribution in [0.25, 0.3) is 0 Å². The molecule has 0 aromatic heterocycles. The molecule has 2 amide bonds. The molecule has 0 radical (unpaired) electrons. The molecule has 1 aliphatic heterocycles. The molecule has 0 atom stereocenters. The second-order valence-electron chi connectivity index (χ2n) is 9.63.